The monoisotopic (exact) mass is 417 g/mol. The molecule has 3 aromatic heterocycles. The molecule has 6 nitrogen and oxygen atoms in total. The summed E-state index contributed by atoms with van der Waals surface area (Å²) in [6.45, 7) is 1.66. The molecule has 30 heavy (non-hydrogen) atoms. The van der Waals surface area contributed by atoms with E-state index >= 15 is 0 Å². The van der Waals surface area contributed by atoms with Crippen LogP contribution in [0.15, 0.2) is 72.4 Å². The standard InChI is InChI=1S/C23H23N5OS/c1-29-19-5-2-4-17(14-19)10-11-24-15-18-8-9-21(26-16-18)28-22-7-3-6-20(27-22)23-25-12-13-30-23/h2-9,12-14,16,24H,10-11,15H2,1H3,(H,26,27,28). The van der Waals surface area contributed by atoms with Gasteiger partial charge in [0.15, 0.2) is 0 Å². The Morgan fingerprint density at radius 3 is 2.70 bits per heavy atom. The van der Waals surface area contributed by atoms with Gasteiger partial charge in [-0.25, -0.2) is 15.0 Å². The van der Waals surface area contributed by atoms with Gasteiger partial charge in [-0.2, -0.15) is 0 Å². The van der Waals surface area contributed by atoms with E-state index < -0.39 is 0 Å². The lowest BCUT2D eigenvalue weighted by atomic mass is 10.1. The summed E-state index contributed by atoms with van der Waals surface area (Å²) in [7, 11) is 1.69. The van der Waals surface area contributed by atoms with E-state index in [4.69, 9.17) is 4.74 Å². The Bertz CT molecular complexity index is 1070. The highest BCUT2D eigenvalue weighted by Crippen LogP contribution is 2.22. The first-order chi connectivity index (χ1) is 14.8. The fourth-order valence-corrected chi connectivity index (χ4v) is 3.61. The lowest BCUT2D eigenvalue weighted by Crippen LogP contribution is -2.16. The van der Waals surface area contributed by atoms with Crippen LogP contribution in [-0.4, -0.2) is 28.6 Å². The number of methoxy groups -OCH3 is 1. The predicted octanol–water partition coefficient (Wildman–Crippen LogP) is 4.68. The molecule has 0 fully saturated rings. The lowest BCUT2D eigenvalue weighted by molar-refractivity contribution is 0.414. The molecule has 152 valence electrons. The van der Waals surface area contributed by atoms with Gasteiger partial charge >= 0.3 is 0 Å². The van der Waals surface area contributed by atoms with Gasteiger partial charge in [-0.15, -0.1) is 11.3 Å². The van der Waals surface area contributed by atoms with Crippen molar-refractivity contribution in [2.24, 2.45) is 0 Å². The van der Waals surface area contributed by atoms with Crippen LogP contribution >= 0.6 is 11.3 Å². The quantitative estimate of drug-likeness (QED) is 0.385. The van der Waals surface area contributed by atoms with Crippen molar-refractivity contribution in [2.45, 2.75) is 13.0 Å². The number of rotatable bonds is 9. The number of nitrogens with zero attached hydrogens (tertiary/aromatic N) is 3. The second kappa shape index (κ2) is 9.96. The molecular weight excluding hydrogens is 394 g/mol. The van der Waals surface area contributed by atoms with Crippen molar-refractivity contribution >= 4 is 23.0 Å². The van der Waals surface area contributed by atoms with E-state index in [0.717, 1.165) is 53.2 Å². The molecule has 0 spiro atoms. The molecule has 7 heteroatoms. The van der Waals surface area contributed by atoms with Crippen LogP contribution in [0.25, 0.3) is 10.7 Å². The number of anilines is 2. The van der Waals surface area contributed by atoms with Gasteiger partial charge < -0.3 is 15.4 Å². The maximum absolute atomic E-state index is 5.27. The Morgan fingerprint density at radius 1 is 0.967 bits per heavy atom. The molecule has 0 amide bonds. The zero-order valence-corrected chi connectivity index (χ0v) is 17.5. The van der Waals surface area contributed by atoms with Gasteiger partial charge in [-0.1, -0.05) is 24.3 Å². The average Bonchev–Trinajstić information content (AvgIpc) is 3.33. The van der Waals surface area contributed by atoms with E-state index in [0.29, 0.717) is 0 Å². The van der Waals surface area contributed by atoms with Crippen LogP contribution in [0.4, 0.5) is 11.6 Å². The fraction of sp³-hybridized carbons (Fsp3) is 0.174. The van der Waals surface area contributed by atoms with Gasteiger partial charge in [0, 0.05) is 24.3 Å². The number of benzene rings is 1. The van der Waals surface area contributed by atoms with Crippen LogP contribution in [0.2, 0.25) is 0 Å². The Labute approximate surface area is 180 Å². The van der Waals surface area contributed by atoms with Crippen LogP contribution in [0.3, 0.4) is 0 Å². The third kappa shape index (κ3) is 5.40. The highest BCUT2D eigenvalue weighted by molar-refractivity contribution is 7.13. The summed E-state index contributed by atoms with van der Waals surface area (Å²) in [5, 5.41) is 9.57. The van der Waals surface area contributed by atoms with Gasteiger partial charge in [-0.05, 0) is 54.4 Å². The highest BCUT2D eigenvalue weighted by atomic mass is 32.1. The molecule has 1 aromatic carbocycles. The zero-order chi connectivity index (χ0) is 20.6. The Morgan fingerprint density at radius 2 is 1.90 bits per heavy atom. The molecular formula is C23H23N5OS. The first kappa shape index (κ1) is 20.0. The minimum absolute atomic E-state index is 0.749. The maximum atomic E-state index is 5.27. The minimum atomic E-state index is 0.749. The first-order valence-electron chi connectivity index (χ1n) is 9.73. The number of aromatic nitrogens is 3. The van der Waals surface area contributed by atoms with Crippen LogP contribution in [-0.2, 0) is 13.0 Å². The molecule has 3 heterocycles. The van der Waals surface area contributed by atoms with Crippen molar-refractivity contribution in [1.29, 1.82) is 0 Å². The number of hydrogen-bond acceptors (Lipinski definition) is 7. The number of hydrogen-bond donors (Lipinski definition) is 2. The summed E-state index contributed by atoms with van der Waals surface area (Å²) in [5.74, 6) is 2.41. The van der Waals surface area contributed by atoms with Crippen molar-refractivity contribution in [3.8, 4) is 16.5 Å². The second-order valence-electron chi connectivity index (χ2n) is 6.70. The predicted molar refractivity (Wildman–Crippen MR) is 121 cm³/mol. The molecule has 0 atom stereocenters. The average molecular weight is 418 g/mol. The van der Waals surface area contributed by atoms with Crippen LogP contribution in [0.5, 0.6) is 5.75 Å². The van der Waals surface area contributed by atoms with Gasteiger partial charge in [0.1, 0.15) is 28.1 Å². The smallest absolute Gasteiger partial charge is 0.141 e. The van der Waals surface area contributed by atoms with Gasteiger partial charge in [0.25, 0.3) is 0 Å². The minimum Gasteiger partial charge on any atom is -0.497 e. The normalized spacial score (nSPS) is 10.7. The van der Waals surface area contributed by atoms with E-state index in [-0.39, 0.29) is 0 Å². The third-order valence-electron chi connectivity index (χ3n) is 4.54. The van der Waals surface area contributed by atoms with Crippen molar-refractivity contribution in [1.82, 2.24) is 20.3 Å². The maximum Gasteiger partial charge on any atom is 0.141 e. The molecule has 0 saturated heterocycles. The van der Waals surface area contributed by atoms with Crippen molar-refractivity contribution in [2.75, 3.05) is 19.0 Å². The van der Waals surface area contributed by atoms with Gasteiger partial charge in [0.05, 0.1) is 7.11 Å². The largest absolute Gasteiger partial charge is 0.497 e. The first-order valence-corrected chi connectivity index (χ1v) is 10.6. The van der Waals surface area contributed by atoms with Crippen LogP contribution in [0.1, 0.15) is 11.1 Å². The molecule has 0 saturated carbocycles. The van der Waals surface area contributed by atoms with E-state index in [1.165, 1.54) is 5.56 Å². The van der Waals surface area contributed by atoms with E-state index in [2.05, 4.69) is 43.8 Å². The molecule has 4 rings (SSSR count). The lowest BCUT2D eigenvalue weighted by Gasteiger charge is -2.08. The van der Waals surface area contributed by atoms with Gasteiger partial charge in [-0.3, -0.25) is 0 Å². The van der Waals surface area contributed by atoms with Crippen LogP contribution in [0, 0.1) is 0 Å². The topological polar surface area (TPSA) is 72.0 Å². The Balaban J connectivity index is 1.27. The summed E-state index contributed by atoms with van der Waals surface area (Å²) >= 11 is 1.57. The number of thiazole rings is 1. The Kier molecular flexibility index (Phi) is 6.64. The molecule has 4 aromatic rings. The molecule has 0 radical (unpaired) electrons. The fourth-order valence-electron chi connectivity index (χ4n) is 3.00. The van der Waals surface area contributed by atoms with E-state index in [1.54, 1.807) is 24.6 Å². The summed E-state index contributed by atoms with van der Waals surface area (Å²) in [5.41, 5.74) is 3.24. The summed E-state index contributed by atoms with van der Waals surface area (Å²) in [4.78, 5) is 13.4. The van der Waals surface area contributed by atoms with Crippen molar-refractivity contribution in [3.63, 3.8) is 0 Å². The summed E-state index contributed by atoms with van der Waals surface area (Å²) in [6, 6.07) is 18.0. The number of ether oxygens (including phenoxy) is 1. The molecule has 0 aliphatic rings. The Hall–Kier alpha value is -3.29. The molecule has 2 N–H and O–H groups in total. The van der Waals surface area contributed by atoms with Crippen molar-refractivity contribution < 1.29 is 4.74 Å². The van der Waals surface area contributed by atoms with Gasteiger partial charge in [0.2, 0.25) is 0 Å². The summed E-state index contributed by atoms with van der Waals surface area (Å²) in [6.07, 6.45) is 4.61. The molecule has 0 aliphatic heterocycles. The zero-order valence-electron chi connectivity index (χ0n) is 16.7. The second-order valence-corrected chi connectivity index (χ2v) is 7.59. The van der Waals surface area contributed by atoms with E-state index in [1.807, 2.05) is 48.0 Å². The SMILES string of the molecule is COc1cccc(CCNCc2ccc(Nc3cccc(-c4nccs4)n3)nc2)c1. The highest BCUT2D eigenvalue weighted by Gasteiger charge is 2.04. The molecule has 0 unspecified atom stereocenters. The van der Waals surface area contributed by atoms with E-state index in [9.17, 15) is 0 Å². The number of nitrogens with one attached hydrogen (secondary N) is 2. The third-order valence-corrected chi connectivity index (χ3v) is 5.33. The van der Waals surface area contributed by atoms with Crippen molar-refractivity contribution in [3.05, 3.63) is 83.5 Å². The molecule has 0 bridgehead atoms. The number of pyridine rings is 2. The van der Waals surface area contributed by atoms with Crippen LogP contribution < -0.4 is 15.4 Å². The summed E-state index contributed by atoms with van der Waals surface area (Å²) < 4.78 is 5.27. The molecule has 0 aliphatic carbocycles.